The monoisotopic (exact) mass is 733 g/mol. The third kappa shape index (κ3) is 3.18. The molecule has 5 heterocycles. The van der Waals surface area contributed by atoms with E-state index in [1.165, 1.54) is 0 Å². The van der Waals surface area contributed by atoms with E-state index in [4.69, 9.17) is 15.0 Å². The Labute approximate surface area is 258 Å². The first-order valence-electron chi connectivity index (χ1n) is 13.7. The van der Waals surface area contributed by atoms with E-state index < -0.39 is 0 Å². The van der Waals surface area contributed by atoms with Crippen LogP contribution in [0.1, 0.15) is 0 Å². The molecule has 0 aliphatic carbocycles. The van der Waals surface area contributed by atoms with E-state index >= 15 is 0 Å². The van der Waals surface area contributed by atoms with E-state index in [-0.39, 0.29) is 21.1 Å². The summed E-state index contributed by atoms with van der Waals surface area (Å²) in [5.74, 6) is 2.22. The summed E-state index contributed by atoms with van der Waals surface area (Å²) in [6, 6.07) is 43.3. The smallest absolute Gasteiger partial charge is 0.268 e. The molecule has 10 rings (SSSR count). The largest absolute Gasteiger partial charge is 0.315 e. The Kier molecular flexibility index (Phi) is 4.99. The second-order valence-corrected chi connectivity index (χ2v) is 10.3. The molecule has 0 bridgehead atoms. The molecule has 0 saturated heterocycles. The van der Waals surface area contributed by atoms with Crippen LogP contribution < -0.4 is 4.57 Å². The van der Waals surface area contributed by atoms with E-state index in [0.29, 0.717) is 0 Å². The third-order valence-corrected chi connectivity index (χ3v) is 7.98. The summed E-state index contributed by atoms with van der Waals surface area (Å²) in [6.07, 6.45) is 3.59. The number of rotatable bonds is 2. The van der Waals surface area contributed by atoms with E-state index in [0.717, 1.165) is 72.8 Å². The number of hydrogen-bond donors (Lipinski definition) is 0. The average Bonchev–Trinajstić information content (AvgIpc) is 3.81. The van der Waals surface area contributed by atoms with Gasteiger partial charge in [0, 0.05) is 21.1 Å². The number of para-hydroxylation sites is 7. The van der Waals surface area contributed by atoms with Gasteiger partial charge in [0.15, 0.2) is 0 Å². The number of imidazole rings is 4. The number of hydrogen-bond acceptors (Lipinski definition) is 3. The molecule has 5 aromatic carbocycles. The van der Waals surface area contributed by atoms with Crippen molar-refractivity contribution < 1.29 is 25.6 Å². The molecule has 0 spiro atoms. The van der Waals surface area contributed by atoms with Crippen molar-refractivity contribution in [3.63, 3.8) is 0 Å². The first-order valence-corrected chi connectivity index (χ1v) is 13.7. The maximum Gasteiger partial charge on any atom is 0.268 e. The molecule has 0 fully saturated rings. The van der Waals surface area contributed by atoms with Gasteiger partial charge in [0.2, 0.25) is 17.3 Å². The molecule has 9 heteroatoms. The summed E-state index contributed by atoms with van der Waals surface area (Å²) < 4.78 is 10.4. The molecule has 0 N–H and O–H groups in total. The normalized spacial score (nSPS) is 12.0. The molecule has 0 amide bonds. The van der Waals surface area contributed by atoms with E-state index in [1.54, 1.807) is 0 Å². The predicted octanol–water partition coefficient (Wildman–Crippen LogP) is 5.71. The van der Waals surface area contributed by atoms with E-state index in [2.05, 4.69) is 72.6 Å². The summed E-state index contributed by atoms with van der Waals surface area (Å²) in [6.45, 7) is 0. The summed E-state index contributed by atoms with van der Waals surface area (Å²) in [5.41, 5.74) is 9.24. The van der Waals surface area contributed by atoms with Gasteiger partial charge < -0.3 is 4.57 Å². The molecule has 5 aromatic heterocycles. The van der Waals surface area contributed by atoms with Gasteiger partial charge in [-0.3, -0.25) is 14.0 Å². The zero-order valence-corrected chi connectivity index (χ0v) is 24.6. The Morgan fingerprint density at radius 3 is 2.16 bits per heavy atom. The first-order chi connectivity index (χ1) is 20.8. The Hall–Kier alpha value is -5.33. The third-order valence-electron chi connectivity index (χ3n) is 7.98. The second kappa shape index (κ2) is 8.83. The molecule has 0 radical (unpaired) electrons. The minimum atomic E-state index is 0. The molecular weight excluding hydrogens is 716 g/mol. The van der Waals surface area contributed by atoms with Crippen molar-refractivity contribution in [3.8, 4) is 11.4 Å². The van der Waals surface area contributed by atoms with Crippen molar-refractivity contribution in [3.05, 3.63) is 128 Å². The van der Waals surface area contributed by atoms with Crippen LogP contribution in [0.25, 0.3) is 72.8 Å². The topological polar surface area (TPSA) is 60.7 Å². The van der Waals surface area contributed by atoms with Crippen molar-refractivity contribution in [2.24, 2.45) is 0 Å². The second-order valence-electron chi connectivity index (χ2n) is 10.3. The Morgan fingerprint density at radius 2 is 1.26 bits per heavy atom. The zero-order valence-electron chi connectivity index (χ0n) is 22.3. The van der Waals surface area contributed by atoms with Crippen LogP contribution in [-0.2, 0) is 21.1 Å². The molecule has 0 aliphatic heterocycles. The van der Waals surface area contributed by atoms with Crippen molar-refractivity contribution in [2.75, 3.05) is 0 Å². The van der Waals surface area contributed by atoms with E-state index in [9.17, 15) is 0 Å². The molecule has 0 unspecified atom stereocenters. The quantitative estimate of drug-likeness (QED) is 0.169. The van der Waals surface area contributed by atoms with Crippen LogP contribution in [-0.4, -0.2) is 32.7 Å². The zero-order chi connectivity index (χ0) is 27.4. The minimum Gasteiger partial charge on any atom is -0.315 e. The molecule has 0 aliphatic rings. The molecule has 206 valence electrons. The maximum absolute atomic E-state index is 5.31. The maximum atomic E-state index is 5.31. The molecule has 0 atom stereocenters. The summed E-state index contributed by atoms with van der Waals surface area (Å²) >= 11 is 0. The fraction of sp³-hybridized carbons (Fsp3) is 0. The molecule has 43 heavy (non-hydrogen) atoms. The fourth-order valence-corrected chi connectivity index (χ4v) is 6.19. The van der Waals surface area contributed by atoms with Crippen LogP contribution in [0.2, 0.25) is 0 Å². The fourth-order valence-electron chi connectivity index (χ4n) is 6.19. The van der Waals surface area contributed by atoms with Gasteiger partial charge in [0.05, 0.1) is 33.3 Å². The summed E-state index contributed by atoms with van der Waals surface area (Å²) in [4.78, 5) is 15.4. The van der Waals surface area contributed by atoms with E-state index in [1.807, 2.05) is 77.4 Å². The van der Waals surface area contributed by atoms with Crippen molar-refractivity contribution >= 4 is 61.5 Å². The Bertz CT molecular complexity index is 2690. The minimum absolute atomic E-state index is 0. The van der Waals surface area contributed by atoms with Gasteiger partial charge in [0.1, 0.15) is 5.52 Å². The van der Waals surface area contributed by atoms with Crippen LogP contribution in [0.4, 0.5) is 0 Å². The molecular formula is C34H18N8Pt-2. The van der Waals surface area contributed by atoms with Gasteiger partial charge in [-0.25, -0.2) is 18.8 Å². The Morgan fingerprint density at radius 1 is 0.558 bits per heavy atom. The van der Waals surface area contributed by atoms with Gasteiger partial charge in [-0.05, 0) is 41.0 Å². The van der Waals surface area contributed by atoms with Crippen molar-refractivity contribution in [2.45, 2.75) is 0 Å². The van der Waals surface area contributed by atoms with Gasteiger partial charge in [-0.2, -0.15) is 48.5 Å². The van der Waals surface area contributed by atoms with Crippen LogP contribution in [0.5, 0.6) is 0 Å². The summed E-state index contributed by atoms with van der Waals surface area (Å²) in [5, 5.41) is 0. The van der Waals surface area contributed by atoms with Crippen LogP contribution >= 0.6 is 0 Å². The van der Waals surface area contributed by atoms with Crippen molar-refractivity contribution in [1.29, 1.82) is 0 Å². The van der Waals surface area contributed by atoms with Crippen LogP contribution in [0.3, 0.4) is 0 Å². The standard InChI is InChI=1S/C34H18N8.Pt/c1-2-11-22(12-3-1)38-21-39(28-18-9-8-17-27(28)38)29-19-10-20-30-31(29)37-34-41-26-16-7-5-14-24(26)35-32(41)40-25-15-6-4-13-23(25)36-33(40)42(30)34;/h1-11,13-15,17-20H;/q-2;. The number of fused-ring (bicyclic) bond motifs is 13. The Balaban J connectivity index is 0.00000260. The SMILES string of the molecule is [Pt].[c-]1ccccc1-n1[c-][n+](-c2cccc3c2nc2n4c5[c-]cccc5nc4n4c5ccccc5nc4n32)c2ccccc21. The predicted molar refractivity (Wildman–Crippen MR) is 160 cm³/mol. The molecule has 0 saturated carbocycles. The van der Waals surface area contributed by atoms with Gasteiger partial charge in [-0.1, -0.05) is 42.5 Å². The number of nitrogens with zero attached hydrogens (tertiary/aromatic N) is 8. The van der Waals surface area contributed by atoms with Crippen LogP contribution in [0.15, 0.2) is 109 Å². The first kappa shape index (κ1) is 24.3. The van der Waals surface area contributed by atoms with Crippen molar-refractivity contribution in [1.82, 2.24) is 32.7 Å². The molecule has 8 nitrogen and oxygen atoms in total. The van der Waals surface area contributed by atoms with Crippen LogP contribution in [0, 0.1) is 18.5 Å². The van der Waals surface area contributed by atoms with Gasteiger partial charge in [-0.15, -0.1) is 6.07 Å². The molecule has 10 aromatic rings. The summed E-state index contributed by atoms with van der Waals surface area (Å²) in [7, 11) is 0. The number of aromatic nitrogens is 8. The number of benzene rings is 5. The van der Waals surface area contributed by atoms with Gasteiger partial charge in [0.25, 0.3) is 6.33 Å². The van der Waals surface area contributed by atoms with Gasteiger partial charge >= 0.3 is 0 Å². The average molecular weight is 734 g/mol.